The summed E-state index contributed by atoms with van der Waals surface area (Å²) in [6.07, 6.45) is 1.73. The molecular weight excluding hydrogens is 240 g/mol. The van der Waals surface area contributed by atoms with E-state index in [0.29, 0.717) is 11.3 Å². The SMILES string of the molecule is Cc1nc2c(-c3ccccc3)cccn2c1C(=O)O. The molecule has 94 valence electrons. The number of pyridine rings is 1. The normalized spacial score (nSPS) is 10.8. The van der Waals surface area contributed by atoms with Crippen molar-refractivity contribution in [2.24, 2.45) is 0 Å². The standard InChI is InChI=1S/C15H12N2O2/c1-10-13(15(18)19)17-9-5-8-12(14(17)16-10)11-6-3-2-4-7-11/h2-9H,1H3,(H,18,19). The monoisotopic (exact) mass is 252 g/mol. The van der Waals surface area contributed by atoms with Gasteiger partial charge in [0, 0.05) is 11.8 Å². The fourth-order valence-electron chi connectivity index (χ4n) is 2.28. The van der Waals surface area contributed by atoms with Crippen LogP contribution in [0, 0.1) is 6.92 Å². The zero-order valence-corrected chi connectivity index (χ0v) is 10.4. The van der Waals surface area contributed by atoms with Crippen LogP contribution in [0.2, 0.25) is 0 Å². The summed E-state index contributed by atoms with van der Waals surface area (Å²) in [5.74, 6) is -0.963. The van der Waals surface area contributed by atoms with Crippen LogP contribution in [-0.2, 0) is 0 Å². The predicted molar refractivity (Wildman–Crippen MR) is 72.3 cm³/mol. The van der Waals surface area contributed by atoms with Gasteiger partial charge in [-0.1, -0.05) is 30.3 Å². The van der Waals surface area contributed by atoms with Gasteiger partial charge in [-0.3, -0.25) is 4.40 Å². The number of carboxylic acid groups (broad SMARTS) is 1. The van der Waals surface area contributed by atoms with Gasteiger partial charge in [0.05, 0.1) is 5.69 Å². The predicted octanol–water partition coefficient (Wildman–Crippen LogP) is 3.01. The fourth-order valence-corrected chi connectivity index (χ4v) is 2.28. The maximum atomic E-state index is 11.3. The van der Waals surface area contributed by atoms with Crippen molar-refractivity contribution in [2.75, 3.05) is 0 Å². The van der Waals surface area contributed by atoms with Crippen molar-refractivity contribution in [1.29, 1.82) is 0 Å². The first-order valence-corrected chi connectivity index (χ1v) is 5.95. The van der Waals surface area contributed by atoms with Crippen molar-refractivity contribution < 1.29 is 9.90 Å². The Labute approximate surface area is 110 Å². The van der Waals surface area contributed by atoms with Gasteiger partial charge in [0.1, 0.15) is 5.65 Å². The van der Waals surface area contributed by atoms with Gasteiger partial charge in [-0.25, -0.2) is 9.78 Å². The maximum Gasteiger partial charge on any atom is 0.354 e. The molecule has 0 aliphatic heterocycles. The zero-order chi connectivity index (χ0) is 13.4. The van der Waals surface area contributed by atoms with Crippen LogP contribution in [0.15, 0.2) is 48.7 Å². The number of imidazole rings is 1. The van der Waals surface area contributed by atoms with E-state index in [0.717, 1.165) is 11.1 Å². The van der Waals surface area contributed by atoms with E-state index in [4.69, 9.17) is 0 Å². The summed E-state index contributed by atoms with van der Waals surface area (Å²) in [7, 11) is 0. The summed E-state index contributed by atoms with van der Waals surface area (Å²) < 4.78 is 1.62. The van der Waals surface area contributed by atoms with Gasteiger partial charge in [-0.15, -0.1) is 0 Å². The molecule has 0 fully saturated rings. The van der Waals surface area contributed by atoms with Gasteiger partial charge in [0.25, 0.3) is 0 Å². The number of hydrogen-bond acceptors (Lipinski definition) is 2. The number of fused-ring (bicyclic) bond motifs is 1. The lowest BCUT2D eigenvalue weighted by molar-refractivity contribution is 0.0688. The lowest BCUT2D eigenvalue weighted by Crippen LogP contribution is -2.03. The van der Waals surface area contributed by atoms with E-state index < -0.39 is 5.97 Å². The second-order valence-corrected chi connectivity index (χ2v) is 4.33. The van der Waals surface area contributed by atoms with Crippen molar-refractivity contribution in [1.82, 2.24) is 9.38 Å². The van der Waals surface area contributed by atoms with E-state index in [9.17, 15) is 9.90 Å². The van der Waals surface area contributed by atoms with E-state index in [1.165, 1.54) is 0 Å². The fraction of sp³-hybridized carbons (Fsp3) is 0.0667. The molecule has 4 nitrogen and oxygen atoms in total. The molecule has 0 bridgehead atoms. The number of aromatic nitrogens is 2. The molecular formula is C15H12N2O2. The number of carboxylic acids is 1. The molecule has 0 aliphatic carbocycles. The summed E-state index contributed by atoms with van der Waals surface area (Å²) in [5.41, 5.74) is 3.36. The Morgan fingerprint density at radius 3 is 2.58 bits per heavy atom. The van der Waals surface area contributed by atoms with E-state index in [-0.39, 0.29) is 5.69 Å². The highest BCUT2D eigenvalue weighted by Crippen LogP contribution is 2.25. The number of nitrogens with zero attached hydrogens (tertiary/aromatic N) is 2. The molecule has 0 saturated carbocycles. The maximum absolute atomic E-state index is 11.3. The molecule has 0 aliphatic rings. The van der Waals surface area contributed by atoms with Crippen LogP contribution in [-0.4, -0.2) is 20.5 Å². The summed E-state index contributed by atoms with van der Waals surface area (Å²) in [6.45, 7) is 1.71. The van der Waals surface area contributed by atoms with Gasteiger partial charge >= 0.3 is 5.97 Å². The Hall–Kier alpha value is -2.62. The molecule has 0 unspecified atom stereocenters. The molecule has 19 heavy (non-hydrogen) atoms. The average Bonchev–Trinajstić information content (AvgIpc) is 2.75. The number of carbonyl (C=O) groups is 1. The first-order chi connectivity index (χ1) is 9.18. The van der Waals surface area contributed by atoms with E-state index in [1.54, 1.807) is 17.5 Å². The highest BCUT2D eigenvalue weighted by Gasteiger charge is 2.17. The summed E-state index contributed by atoms with van der Waals surface area (Å²) in [4.78, 5) is 15.7. The zero-order valence-electron chi connectivity index (χ0n) is 10.4. The first kappa shape index (κ1) is 11.5. The van der Waals surface area contributed by atoms with Gasteiger partial charge in [-0.05, 0) is 24.6 Å². The second kappa shape index (κ2) is 4.24. The van der Waals surface area contributed by atoms with Crippen LogP contribution in [0.25, 0.3) is 16.8 Å². The molecule has 3 rings (SSSR count). The van der Waals surface area contributed by atoms with Crippen molar-refractivity contribution in [3.8, 4) is 11.1 Å². The third-order valence-electron chi connectivity index (χ3n) is 3.11. The number of aryl methyl sites for hydroxylation is 1. The number of benzene rings is 1. The lowest BCUT2D eigenvalue weighted by Gasteiger charge is -2.04. The smallest absolute Gasteiger partial charge is 0.354 e. The van der Waals surface area contributed by atoms with Crippen LogP contribution in [0.5, 0.6) is 0 Å². The summed E-state index contributed by atoms with van der Waals surface area (Å²) in [6, 6.07) is 13.6. The molecule has 0 atom stereocenters. The molecule has 2 heterocycles. The number of aromatic carboxylic acids is 1. The minimum absolute atomic E-state index is 0.216. The van der Waals surface area contributed by atoms with Gasteiger partial charge < -0.3 is 5.11 Å². The van der Waals surface area contributed by atoms with Crippen molar-refractivity contribution in [2.45, 2.75) is 6.92 Å². The summed E-state index contributed by atoms with van der Waals surface area (Å²) >= 11 is 0. The van der Waals surface area contributed by atoms with E-state index in [1.807, 2.05) is 42.5 Å². The second-order valence-electron chi connectivity index (χ2n) is 4.33. The Kier molecular flexibility index (Phi) is 2.56. The highest BCUT2D eigenvalue weighted by molar-refractivity contribution is 5.90. The Morgan fingerprint density at radius 2 is 1.89 bits per heavy atom. The molecule has 0 radical (unpaired) electrons. The lowest BCUT2D eigenvalue weighted by atomic mass is 10.1. The van der Waals surface area contributed by atoms with Crippen LogP contribution < -0.4 is 0 Å². The molecule has 1 N–H and O–H groups in total. The largest absolute Gasteiger partial charge is 0.477 e. The van der Waals surface area contributed by atoms with Crippen molar-refractivity contribution in [3.05, 3.63) is 60.0 Å². The molecule has 0 amide bonds. The van der Waals surface area contributed by atoms with Crippen LogP contribution in [0.1, 0.15) is 16.2 Å². The third kappa shape index (κ3) is 1.78. The molecule has 2 aromatic heterocycles. The molecule has 0 saturated heterocycles. The number of hydrogen-bond donors (Lipinski definition) is 1. The quantitative estimate of drug-likeness (QED) is 0.762. The van der Waals surface area contributed by atoms with Gasteiger partial charge in [0.2, 0.25) is 0 Å². The van der Waals surface area contributed by atoms with E-state index >= 15 is 0 Å². The van der Waals surface area contributed by atoms with Crippen LogP contribution >= 0.6 is 0 Å². The van der Waals surface area contributed by atoms with E-state index in [2.05, 4.69) is 4.98 Å². The molecule has 4 heteroatoms. The Bertz CT molecular complexity index is 760. The minimum Gasteiger partial charge on any atom is -0.477 e. The topological polar surface area (TPSA) is 54.6 Å². The minimum atomic E-state index is -0.963. The number of rotatable bonds is 2. The summed E-state index contributed by atoms with van der Waals surface area (Å²) in [5, 5.41) is 9.25. The van der Waals surface area contributed by atoms with Crippen molar-refractivity contribution in [3.63, 3.8) is 0 Å². The Balaban J connectivity index is 2.34. The van der Waals surface area contributed by atoms with Crippen LogP contribution in [0.3, 0.4) is 0 Å². The highest BCUT2D eigenvalue weighted by atomic mass is 16.4. The van der Waals surface area contributed by atoms with Gasteiger partial charge in [-0.2, -0.15) is 0 Å². The van der Waals surface area contributed by atoms with Crippen molar-refractivity contribution >= 4 is 11.6 Å². The Morgan fingerprint density at radius 1 is 1.16 bits per heavy atom. The van der Waals surface area contributed by atoms with Gasteiger partial charge in [0.15, 0.2) is 5.69 Å². The van der Waals surface area contributed by atoms with Crippen LogP contribution in [0.4, 0.5) is 0 Å². The third-order valence-corrected chi connectivity index (χ3v) is 3.11. The average molecular weight is 252 g/mol. The molecule has 3 aromatic rings. The molecule has 1 aromatic carbocycles. The first-order valence-electron chi connectivity index (χ1n) is 5.95. The molecule has 0 spiro atoms.